The number of nitrogens with one attached hydrogen (secondary N) is 1. The molecule has 26 heavy (non-hydrogen) atoms. The van der Waals surface area contributed by atoms with E-state index < -0.39 is 6.10 Å². The van der Waals surface area contributed by atoms with E-state index in [2.05, 4.69) is 22.6 Å². The number of carbonyl (C=O) groups is 1. The first-order chi connectivity index (χ1) is 12.7. The molecule has 4 rings (SSSR count). The zero-order chi connectivity index (χ0) is 17.9. The van der Waals surface area contributed by atoms with Gasteiger partial charge >= 0.3 is 0 Å². The van der Waals surface area contributed by atoms with Gasteiger partial charge in [-0.2, -0.15) is 0 Å². The van der Waals surface area contributed by atoms with Gasteiger partial charge in [-0.15, -0.1) is 34.9 Å². The van der Waals surface area contributed by atoms with Crippen LogP contribution >= 0.6 is 46.5 Å². The van der Waals surface area contributed by atoms with E-state index in [-0.39, 0.29) is 5.91 Å². The van der Waals surface area contributed by atoms with Crippen LogP contribution in [0.1, 0.15) is 27.9 Å². The van der Waals surface area contributed by atoms with E-state index in [0.717, 1.165) is 16.3 Å². The van der Waals surface area contributed by atoms with E-state index in [1.54, 1.807) is 0 Å². The summed E-state index contributed by atoms with van der Waals surface area (Å²) in [6, 6.07) is 11.8. The fraction of sp³-hybridized carbons (Fsp3) is 0.333. The van der Waals surface area contributed by atoms with Crippen molar-refractivity contribution < 1.29 is 9.63 Å². The van der Waals surface area contributed by atoms with Crippen LogP contribution in [0.25, 0.3) is 0 Å². The van der Waals surface area contributed by atoms with Gasteiger partial charge in [-0.1, -0.05) is 28.9 Å². The lowest BCUT2D eigenvalue weighted by Gasteiger charge is -2.21. The number of halogens is 1. The summed E-state index contributed by atoms with van der Waals surface area (Å²) < 4.78 is 1.15. The Morgan fingerprint density at radius 1 is 1.23 bits per heavy atom. The van der Waals surface area contributed by atoms with Gasteiger partial charge in [-0.3, -0.25) is 4.79 Å². The first-order valence-corrected chi connectivity index (χ1v) is 11.6. The van der Waals surface area contributed by atoms with E-state index >= 15 is 0 Å². The number of thiophene rings is 1. The Balaban J connectivity index is 1.38. The van der Waals surface area contributed by atoms with Crippen molar-refractivity contribution in [2.75, 3.05) is 16.8 Å². The van der Waals surface area contributed by atoms with E-state index in [1.165, 1.54) is 34.8 Å². The minimum absolute atomic E-state index is 0.174. The van der Waals surface area contributed by atoms with E-state index in [4.69, 9.17) is 16.4 Å². The number of oxime groups is 1. The summed E-state index contributed by atoms with van der Waals surface area (Å²) >= 11 is 11.3. The molecule has 2 aliphatic heterocycles. The first kappa shape index (κ1) is 18.2. The van der Waals surface area contributed by atoms with Crippen LogP contribution in [0.4, 0.5) is 5.69 Å². The lowest BCUT2D eigenvalue weighted by Crippen LogP contribution is -2.28. The molecule has 4 nitrogen and oxygen atoms in total. The summed E-state index contributed by atoms with van der Waals surface area (Å²) in [6.45, 7) is 0. The maximum Gasteiger partial charge on any atom is 0.268 e. The van der Waals surface area contributed by atoms with Crippen LogP contribution in [0.5, 0.6) is 0 Å². The Kier molecular flexibility index (Phi) is 5.78. The summed E-state index contributed by atoms with van der Waals surface area (Å²) in [5.41, 5.74) is 2.82. The first-order valence-electron chi connectivity index (χ1n) is 8.31. The second-order valence-corrected chi connectivity index (χ2v) is 10.4. The van der Waals surface area contributed by atoms with Gasteiger partial charge < -0.3 is 10.2 Å². The number of thioether (sulfide) groups is 2. The Bertz CT molecular complexity index is 833. The van der Waals surface area contributed by atoms with Gasteiger partial charge in [0.2, 0.25) is 6.10 Å². The molecular weight excluding hydrogens is 408 g/mol. The fourth-order valence-corrected chi connectivity index (χ4v) is 6.71. The van der Waals surface area contributed by atoms with Crippen molar-refractivity contribution in [1.82, 2.24) is 0 Å². The third-order valence-electron chi connectivity index (χ3n) is 4.07. The molecule has 1 aromatic heterocycles. The normalized spacial score (nSPS) is 20.5. The minimum atomic E-state index is -0.604. The zero-order valence-electron chi connectivity index (χ0n) is 13.8. The minimum Gasteiger partial charge on any atom is -0.382 e. The molecule has 0 saturated carbocycles. The van der Waals surface area contributed by atoms with Crippen molar-refractivity contribution >= 4 is 63.8 Å². The third kappa shape index (κ3) is 4.22. The molecule has 0 radical (unpaired) electrons. The highest BCUT2D eigenvalue weighted by molar-refractivity contribution is 8.16. The van der Waals surface area contributed by atoms with Gasteiger partial charge in [0.05, 0.1) is 13.8 Å². The number of carbonyl (C=O) groups excluding carboxylic acids is 1. The summed E-state index contributed by atoms with van der Waals surface area (Å²) in [4.78, 5) is 18.8. The van der Waals surface area contributed by atoms with Crippen LogP contribution in [-0.2, 0) is 9.63 Å². The number of hydrogen-bond donors (Lipinski definition) is 1. The highest BCUT2D eigenvalue weighted by Gasteiger charge is 2.29. The van der Waals surface area contributed by atoms with Crippen molar-refractivity contribution in [3.8, 4) is 0 Å². The maximum atomic E-state index is 12.5. The van der Waals surface area contributed by atoms with Crippen molar-refractivity contribution in [1.29, 1.82) is 0 Å². The van der Waals surface area contributed by atoms with Gasteiger partial charge in [-0.25, -0.2) is 0 Å². The summed E-state index contributed by atoms with van der Waals surface area (Å²) in [5.74, 6) is 2.21. The molecule has 136 valence electrons. The van der Waals surface area contributed by atoms with Crippen molar-refractivity contribution in [3.05, 3.63) is 51.2 Å². The molecule has 1 aromatic carbocycles. The quantitative estimate of drug-likeness (QED) is 0.713. The second kappa shape index (κ2) is 8.25. The molecule has 3 heterocycles. The van der Waals surface area contributed by atoms with E-state index in [1.807, 2.05) is 47.8 Å². The lowest BCUT2D eigenvalue weighted by atomic mass is 10.1. The monoisotopic (exact) mass is 424 g/mol. The van der Waals surface area contributed by atoms with Crippen LogP contribution in [0.15, 0.2) is 41.6 Å². The topological polar surface area (TPSA) is 50.7 Å². The average molecular weight is 425 g/mol. The Morgan fingerprint density at radius 3 is 2.85 bits per heavy atom. The summed E-state index contributed by atoms with van der Waals surface area (Å²) in [7, 11) is 0. The molecule has 1 amide bonds. The summed E-state index contributed by atoms with van der Waals surface area (Å²) in [6.07, 6.45) is 1.11. The Morgan fingerprint density at radius 2 is 2.08 bits per heavy atom. The number of benzene rings is 1. The van der Waals surface area contributed by atoms with Gasteiger partial charge in [0, 0.05) is 12.1 Å². The number of anilines is 1. The van der Waals surface area contributed by atoms with Crippen LogP contribution in [-0.4, -0.2) is 29.2 Å². The van der Waals surface area contributed by atoms with Gasteiger partial charge in [0.15, 0.2) is 0 Å². The van der Waals surface area contributed by atoms with Crippen molar-refractivity contribution in [3.63, 3.8) is 0 Å². The molecule has 2 aliphatic rings. The standard InChI is InChI=1S/C18H17ClN2O2S3/c19-16-6-5-15(26-16)13-10-14(23-21-13)17(22)20-12-4-1-3-11(9-12)18-24-7-2-8-25-18/h1,3-6,9,14,18H,2,7-8,10H2,(H,20,22)/t14-/m0/s1. The Hall–Kier alpha value is -1.15. The maximum absolute atomic E-state index is 12.5. The Labute approximate surface area is 169 Å². The highest BCUT2D eigenvalue weighted by atomic mass is 35.5. The second-order valence-electron chi connectivity index (χ2n) is 5.98. The molecular formula is C18H17ClN2O2S3. The molecule has 2 aromatic rings. The van der Waals surface area contributed by atoms with Gasteiger partial charge in [-0.05, 0) is 47.8 Å². The molecule has 1 saturated heterocycles. The summed E-state index contributed by atoms with van der Waals surface area (Å²) in [5, 5.41) is 7.02. The number of hydrogen-bond acceptors (Lipinski definition) is 6. The lowest BCUT2D eigenvalue weighted by molar-refractivity contribution is -0.125. The molecule has 0 spiro atoms. The largest absolute Gasteiger partial charge is 0.382 e. The number of rotatable bonds is 4. The molecule has 0 aliphatic carbocycles. The molecule has 1 N–H and O–H groups in total. The molecule has 0 bridgehead atoms. The highest BCUT2D eigenvalue weighted by Crippen LogP contribution is 2.44. The van der Waals surface area contributed by atoms with Gasteiger partial charge in [0.25, 0.3) is 5.91 Å². The number of nitrogens with zero attached hydrogens (tertiary/aromatic N) is 1. The van der Waals surface area contributed by atoms with Crippen LogP contribution in [0.3, 0.4) is 0 Å². The van der Waals surface area contributed by atoms with Gasteiger partial charge in [0.1, 0.15) is 5.71 Å². The van der Waals surface area contributed by atoms with Crippen molar-refractivity contribution in [2.24, 2.45) is 5.16 Å². The molecule has 8 heteroatoms. The van der Waals surface area contributed by atoms with Crippen molar-refractivity contribution in [2.45, 2.75) is 23.5 Å². The fourth-order valence-electron chi connectivity index (χ4n) is 2.80. The predicted molar refractivity (Wildman–Crippen MR) is 113 cm³/mol. The smallest absolute Gasteiger partial charge is 0.268 e. The molecule has 1 fully saturated rings. The van der Waals surface area contributed by atoms with E-state index in [0.29, 0.717) is 15.3 Å². The zero-order valence-corrected chi connectivity index (χ0v) is 17.0. The van der Waals surface area contributed by atoms with Crippen LogP contribution < -0.4 is 5.32 Å². The van der Waals surface area contributed by atoms with Crippen LogP contribution in [0, 0.1) is 0 Å². The SMILES string of the molecule is O=C(Nc1cccc(C2SCCCS2)c1)[C@@H]1CC(c2ccc(Cl)s2)=NO1. The molecule has 1 atom stereocenters. The number of amides is 1. The molecule has 0 unspecified atom stereocenters. The average Bonchev–Trinajstić information content (AvgIpc) is 3.32. The predicted octanol–water partition coefficient (Wildman–Crippen LogP) is 5.40. The third-order valence-corrected chi connectivity index (χ3v) is 8.37. The van der Waals surface area contributed by atoms with E-state index in [9.17, 15) is 4.79 Å². The van der Waals surface area contributed by atoms with Crippen LogP contribution in [0.2, 0.25) is 4.34 Å².